The van der Waals surface area contributed by atoms with E-state index in [0.717, 1.165) is 31.4 Å². The minimum absolute atomic E-state index is 0.0556. The third-order valence-electron chi connectivity index (χ3n) is 6.19. The van der Waals surface area contributed by atoms with Crippen molar-refractivity contribution in [2.75, 3.05) is 19.6 Å². The lowest BCUT2D eigenvalue weighted by molar-refractivity contribution is -0.194. The summed E-state index contributed by atoms with van der Waals surface area (Å²) in [5.74, 6) is -2.53. The number of unbranched alkanes of at least 4 members (excludes halogenated alkanes) is 2. The topological polar surface area (TPSA) is 137 Å². The van der Waals surface area contributed by atoms with E-state index in [4.69, 9.17) is 4.84 Å². The summed E-state index contributed by atoms with van der Waals surface area (Å²) in [7, 11) is 0. The predicted molar refractivity (Wildman–Crippen MR) is 139 cm³/mol. The van der Waals surface area contributed by atoms with Crippen molar-refractivity contribution in [1.29, 1.82) is 0 Å². The highest BCUT2D eigenvalue weighted by Crippen LogP contribution is 2.18. The van der Waals surface area contributed by atoms with Crippen molar-refractivity contribution in [2.24, 2.45) is 5.92 Å². The molecule has 2 rings (SSSR count). The van der Waals surface area contributed by atoms with Crippen molar-refractivity contribution in [3.05, 3.63) is 35.9 Å². The Morgan fingerprint density at radius 3 is 2.46 bits per heavy atom. The van der Waals surface area contributed by atoms with Crippen LogP contribution >= 0.6 is 0 Å². The van der Waals surface area contributed by atoms with Crippen LogP contribution < -0.4 is 16.0 Å². The minimum atomic E-state index is -1.12. The number of amides is 2. The number of carbonyl (C=O) groups excluding carboxylic acids is 3. The number of hydrogen-bond donors (Lipinski definition) is 4. The molecule has 1 aromatic rings. The molecule has 3 atom stereocenters. The van der Waals surface area contributed by atoms with E-state index in [9.17, 15) is 24.3 Å². The van der Waals surface area contributed by atoms with Crippen molar-refractivity contribution < 1.29 is 29.1 Å². The molecule has 3 unspecified atom stereocenters. The molecule has 37 heavy (non-hydrogen) atoms. The van der Waals surface area contributed by atoms with E-state index in [2.05, 4.69) is 22.9 Å². The number of benzene rings is 1. The fraction of sp³-hybridized carbons (Fsp3) is 0.630. The Balaban J connectivity index is 2.04. The van der Waals surface area contributed by atoms with Gasteiger partial charge in [0.15, 0.2) is 0 Å². The van der Waals surface area contributed by atoms with E-state index in [1.165, 1.54) is 5.06 Å². The molecule has 206 valence electrons. The van der Waals surface area contributed by atoms with Crippen LogP contribution in [-0.4, -0.2) is 71.7 Å². The monoisotopic (exact) mass is 518 g/mol. The number of carboxylic acids is 1. The van der Waals surface area contributed by atoms with E-state index in [-0.39, 0.29) is 25.3 Å². The maximum absolute atomic E-state index is 13.2. The molecule has 1 aromatic carbocycles. The zero-order valence-electron chi connectivity index (χ0n) is 22.2. The van der Waals surface area contributed by atoms with Gasteiger partial charge in [-0.3, -0.25) is 9.59 Å². The Hall–Kier alpha value is -2.98. The number of hydrogen-bond acceptors (Lipinski definition) is 7. The van der Waals surface area contributed by atoms with E-state index < -0.39 is 41.9 Å². The molecule has 1 aliphatic rings. The van der Waals surface area contributed by atoms with Gasteiger partial charge in [0.1, 0.15) is 18.1 Å². The normalized spacial score (nSPS) is 17.2. The van der Waals surface area contributed by atoms with Gasteiger partial charge in [-0.25, -0.2) is 9.59 Å². The van der Waals surface area contributed by atoms with Gasteiger partial charge >= 0.3 is 11.9 Å². The highest BCUT2D eigenvalue weighted by molar-refractivity contribution is 5.92. The fourth-order valence-corrected chi connectivity index (χ4v) is 4.26. The Morgan fingerprint density at radius 1 is 1.08 bits per heavy atom. The van der Waals surface area contributed by atoms with Crippen molar-refractivity contribution >= 4 is 23.8 Å². The van der Waals surface area contributed by atoms with Crippen LogP contribution in [0.2, 0.25) is 0 Å². The molecule has 1 heterocycles. The molecule has 2 amide bonds. The van der Waals surface area contributed by atoms with E-state index in [0.29, 0.717) is 19.4 Å². The van der Waals surface area contributed by atoms with E-state index in [1.54, 1.807) is 0 Å². The molecule has 0 aliphatic carbocycles. The number of rotatable bonds is 16. The maximum atomic E-state index is 13.2. The molecule has 0 radical (unpaired) electrons. The van der Waals surface area contributed by atoms with E-state index in [1.807, 2.05) is 44.2 Å². The number of aliphatic carboxylic acids is 1. The molecule has 0 spiro atoms. The molecule has 1 saturated heterocycles. The number of hydroxylamine groups is 2. The molecule has 0 aromatic heterocycles. The minimum Gasteiger partial charge on any atom is -0.480 e. The summed E-state index contributed by atoms with van der Waals surface area (Å²) in [6.45, 7) is 7.06. The van der Waals surface area contributed by atoms with Crippen molar-refractivity contribution in [3.63, 3.8) is 0 Å². The van der Waals surface area contributed by atoms with Gasteiger partial charge in [-0.2, -0.15) is 0 Å². The van der Waals surface area contributed by atoms with Crippen molar-refractivity contribution in [3.8, 4) is 0 Å². The smallest absolute Gasteiger partial charge is 0.338 e. The van der Waals surface area contributed by atoms with Crippen LogP contribution in [-0.2, 0) is 30.4 Å². The summed E-state index contributed by atoms with van der Waals surface area (Å²) in [4.78, 5) is 55.8. The van der Waals surface area contributed by atoms with Crippen molar-refractivity contribution in [1.82, 2.24) is 21.0 Å². The molecular formula is C27H42N4O6. The molecule has 1 aliphatic heterocycles. The first-order valence-electron chi connectivity index (χ1n) is 13.3. The number of nitrogens with zero attached hydrogens (tertiary/aromatic N) is 1. The van der Waals surface area contributed by atoms with Gasteiger partial charge in [-0.05, 0) is 43.7 Å². The Bertz CT molecular complexity index is 879. The molecule has 0 bridgehead atoms. The average molecular weight is 519 g/mol. The highest BCUT2D eigenvalue weighted by Gasteiger charge is 2.36. The van der Waals surface area contributed by atoms with Crippen LogP contribution in [0.5, 0.6) is 0 Å². The second-order valence-electron chi connectivity index (χ2n) is 9.93. The standard InChI is InChI=1S/C27H42N4O6/c1-4-5-9-14-28-18-24(32)37-31-15-10-13-23(31)26(34)29-21(17-20-11-7-6-8-12-20)25(33)30-22(27(35)36)16-19(2)3/h6-8,11-12,19,21-23,28H,4-5,9-10,13-18H2,1-3H3,(H,29,34)(H,30,33)(H,35,36). The molecule has 10 heteroatoms. The van der Waals surface area contributed by atoms with Gasteiger partial charge < -0.3 is 25.9 Å². The van der Waals surface area contributed by atoms with Gasteiger partial charge in [0, 0.05) is 13.0 Å². The predicted octanol–water partition coefficient (Wildman–Crippen LogP) is 2.03. The lowest BCUT2D eigenvalue weighted by Gasteiger charge is -2.26. The molecular weight excluding hydrogens is 476 g/mol. The third-order valence-corrected chi connectivity index (χ3v) is 6.19. The van der Waals surface area contributed by atoms with Crippen LogP contribution in [0.3, 0.4) is 0 Å². The second kappa shape index (κ2) is 16.0. The first-order chi connectivity index (χ1) is 17.7. The molecule has 0 saturated carbocycles. The summed E-state index contributed by atoms with van der Waals surface area (Å²) < 4.78 is 0. The zero-order valence-corrected chi connectivity index (χ0v) is 22.2. The number of carboxylic acid groups (broad SMARTS) is 1. The average Bonchev–Trinajstić information content (AvgIpc) is 3.31. The van der Waals surface area contributed by atoms with E-state index >= 15 is 0 Å². The number of carbonyl (C=O) groups is 4. The van der Waals surface area contributed by atoms with Gasteiger partial charge in [0.05, 0.1) is 6.54 Å². The second-order valence-corrected chi connectivity index (χ2v) is 9.93. The van der Waals surface area contributed by atoms with Crippen molar-refractivity contribution in [2.45, 2.75) is 83.8 Å². The Kier molecular flexibility index (Phi) is 13.1. The van der Waals surface area contributed by atoms with Gasteiger partial charge in [-0.15, -0.1) is 5.06 Å². The van der Waals surface area contributed by atoms with Gasteiger partial charge in [0.25, 0.3) is 0 Å². The highest BCUT2D eigenvalue weighted by atomic mass is 16.7. The summed E-state index contributed by atoms with van der Waals surface area (Å²) in [5, 5.41) is 19.4. The first-order valence-corrected chi connectivity index (χ1v) is 13.3. The number of nitrogens with one attached hydrogen (secondary N) is 3. The summed E-state index contributed by atoms with van der Waals surface area (Å²) >= 11 is 0. The lowest BCUT2D eigenvalue weighted by Crippen LogP contribution is -2.55. The zero-order chi connectivity index (χ0) is 27.2. The first kappa shape index (κ1) is 30.2. The Morgan fingerprint density at radius 2 is 1.81 bits per heavy atom. The lowest BCUT2D eigenvalue weighted by atomic mass is 10.0. The summed E-state index contributed by atoms with van der Waals surface area (Å²) in [5.41, 5.74) is 0.822. The van der Waals surface area contributed by atoms with Gasteiger partial charge in [-0.1, -0.05) is 63.9 Å². The third kappa shape index (κ3) is 10.9. The Labute approximate surface area is 219 Å². The largest absolute Gasteiger partial charge is 0.480 e. The SMILES string of the molecule is CCCCCNCC(=O)ON1CCCC1C(=O)NC(Cc1ccccc1)C(=O)NC(CC(C)C)C(=O)O. The van der Waals surface area contributed by atoms with Crippen LogP contribution in [0.25, 0.3) is 0 Å². The molecule has 4 N–H and O–H groups in total. The molecule has 10 nitrogen and oxygen atoms in total. The van der Waals surface area contributed by atoms with Gasteiger partial charge in [0.2, 0.25) is 11.8 Å². The fourth-order valence-electron chi connectivity index (χ4n) is 4.26. The van der Waals surface area contributed by atoms with Crippen LogP contribution in [0.4, 0.5) is 0 Å². The van der Waals surface area contributed by atoms with Crippen LogP contribution in [0.15, 0.2) is 30.3 Å². The summed E-state index contributed by atoms with van der Waals surface area (Å²) in [6.07, 6.45) is 4.76. The molecule has 1 fully saturated rings. The van der Waals surface area contributed by atoms with Crippen LogP contribution in [0, 0.1) is 5.92 Å². The maximum Gasteiger partial charge on any atom is 0.338 e. The quantitative estimate of drug-likeness (QED) is 0.244. The summed E-state index contributed by atoms with van der Waals surface area (Å²) in [6, 6.07) is 6.43. The van der Waals surface area contributed by atoms with Crippen LogP contribution in [0.1, 0.15) is 64.9 Å².